The first-order valence-electron chi connectivity index (χ1n) is 10.6. The lowest BCUT2D eigenvalue weighted by atomic mass is 9.99. The van der Waals surface area contributed by atoms with Crippen LogP contribution in [-0.2, 0) is 17.8 Å². The summed E-state index contributed by atoms with van der Waals surface area (Å²) in [7, 11) is 0. The zero-order valence-corrected chi connectivity index (χ0v) is 17.9. The van der Waals surface area contributed by atoms with E-state index in [9.17, 15) is 14.7 Å². The van der Waals surface area contributed by atoms with Crippen LogP contribution in [-0.4, -0.2) is 51.5 Å². The maximum absolute atomic E-state index is 12.8. The summed E-state index contributed by atoms with van der Waals surface area (Å²) >= 11 is 6.27. The summed E-state index contributed by atoms with van der Waals surface area (Å²) in [5, 5.41) is 14.1. The maximum Gasteiger partial charge on any atom is 0.246 e. The number of aromatic hydroxyl groups is 1. The number of likely N-dealkylation sites (tertiary alicyclic amines) is 1. The molecule has 2 aliphatic heterocycles. The van der Waals surface area contributed by atoms with Crippen molar-refractivity contribution in [1.29, 1.82) is 0 Å². The average molecular weight is 441 g/mol. The lowest BCUT2D eigenvalue weighted by molar-refractivity contribution is -0.133. The zero-order chi connectivity index (χ0) is 21.7. The largest absolute Gasteiger partial charge is 0.506 e. The summed E-state index contributed by atoms with van der Waals surface area (Å²) in [6, 6.07) is 5.26. The molecule has 3 aliphatic rings. The lowest BCUT2D eigenvalue weighted by Gasteiger charge is -2.46. The maximum atomic E-state index is 12.8. The second-order valence-electron chi connectivity index (χ2n) is 8.62. The van der Waals surface area contributed by atoms with E-state index in [4.69, 9.17) is 11.6 Å². The van der Waals surface area contributed by atoms with Crippen molar-refractivity contribution in [3.63, 3.8) is 0 Å². The first-order valence-corrected chi connectivity index (χ1v) is 11.0. The van der Waals surface area contributed by atoms with Gasteiger partial charge in [-0.15, -0.1) is 0 Å². The van der Waals surface area contributed by atoms with E-state index in [1.807, 2.05) is 6.07 Å². The normalized spacial score (nSPS) is 18.9. The molecule has 5 rings (SSSR count). The van der Waals surface area contributed by atoms with E-state index in [1.54, 1.807) is 17.0 Å². The molecule has 0 spiro atoms. The first-order chi connectivity index (χ1) is 14.9. The monoisotopic (exact) mass is 440 g/mol. The third-order valence-corrected chi connectivity index (χ3v) is 6.83. The van der Waals surface area contributed by atoms with Gasteiger partial charge < -0.3 is 20.3 Å². The van der Waals surface area contributed by atoms with Crippen LogP contribution in [0.15, 0.2) is 35.6 Å². The minimum Gasteiger partial charge on any atom is -0.506 e. The number of aromatic amines is 1. The molecule has 3 heterocycles. The molecule has 1 aliphatic carbocycles. The molecule has 1 saturated heterocycles. The van der Waals surface area contributed by atoms with Gasteiger partial charge in [-0.3, -0.25) is 14.5 Å². The van der Waals surface area contributed by atoms with Crippen LogP contribution in [0.2, 0.25) is 5.02 Å². The molecular formula is C23H25ClN4O3. The molecule has 162 valence electrons. The fraction of sp³-hybridized carbons (Fsp3) is 0.391. The molecule has 1 amide bonds. The van der Waals surface area contributed by atoms with Crippen LogP contribution < -0.4 is 10.7 Å². The number of hydrogen-bond donors (Lipinski definition) is 3. The van der Waals surface area contributed by atoms with E-state index >= 15 is 0 Å². The van der Waals surface area contributed by atoms with Gasteiger partial charge >= 0.3 is 0 Å². The summed E-state index contributed by atoms with van der Waals surface area (Å²) in [5.41, 5.74) is 3.23. The number of H-pyrrole nitrogens is 1. The molecule has 7 nitrogen and oxygen atoms in total. The van der Waals surface area contributed by atoms with Crippen molar-refractivity contribution in [3.05, 3.63) is 62.9 Å². The Morgan fingerprint density at radius 2 is 2.06 bits per heavy atom. The molecule has 0 unspecified atom stereocenters. The lowest BCUT2D eigenvalue weighted by Crippen LogP contribution is -2.61. The third-order valence-electron chi connectivity index (χ3n) is 6.50. The minimum atomic E-state index is -0.0440. The highest BCUT2D eigenvalue weighted by Crippen LogP contribution is 2.46. The Morgan fingerprint density at radius 3 is 2.77 bits per heavy atom. The van der Waals surface area contributed by atoms with Crippen LogP contribution in [0.3, 0.4) is 0 Å². The van der Waals surface area contributed by atoms with Gasteiger partial charge in [-0.25, -0.2) is 0 Å². The number of rotatable bonds is 5. The number of benzene rings is 1. The van der Waals surface area contributed by atoms with Crippen molar-refractivity contribution in [1.82, 2.24) is 14.8 Å². The number of pyridine rings is 1. The number of carbonyl (C=O) groups excluding carboxylic acids is 1. The van der Waals surface area contributed by atoms with Crippen molar-refractivity contribution in [2.24, 2.45) is 0 Å². The number of fused-ring (bicyclic) bond motifs is 1. The van der Waals surface area contributed by atoms with E-state index in [0.717, 1.165) is 42.6 Å². The highest BCUT2D eigenvalue weighted by molar-refractivity contribution is 6.31. The summed E-state index contributed by atoms with van der Waals surface area (Å²) in [4.78, 5) is 31.9. The Kier molecular flexibility index (Phi) is 5.02. The number of halogens is 1. The van der Waals surface area contributed by atoms with Crippen LogP contribution in [0, 0.1) is 0 Å². The molecule has 0 bridgehead atoms. The average Bonchev–Trinajstić information content (AvgIpc) is 3.54. The number of hydrogen-bond acceptors (Lipinski definition) is 5. The molecule has 1 saturated carbocycles. The number of aromatic nitrogens is 1. The van der Waals surface area contributed by atoms with Crippen molar-refractivity contribution < 1.29 is 9.90 Å². The Morgan fingerprint density at radius 1 is 1.29 bits per heavy atom. The molecule has 0 radical (unpaired) electrons. The number of phenols is 1. The van der Waals surface area contributed by atoms with Crippen LogP contribution in [0.4, 0.5) is 11.5 Å². The van der Waals surface area contributed by atoms with Crippen molar-refractivity contribution >= 4 is 29.0 Å². The number of nitrogens with one attached hydrogen (secondary N) is 2. The molecule has 2 fully saturated rings. The van der Waals surface area contributed by atoms with Crippen molar-refractivity contribution in [2.45, 2.75) is 37.8 Å². The van der Waals surface area contributed by atoms with Gasteiger partial charge in [-0.2, -0.15) is 0 Å². The summed E-state index contributed by atoms with van der Waals surface area (Å²) < 4.78 is 0. The van der Waals surface area contributed by atoms with Gasteiger partial charge in [0.25, 0.3) is 0 Å². The van der Waals surface area contributed by atoms with Crippen LogP contribution in [0.5, 0.6) is 5.75 Å². The third kappa shape index (κ3) is 3.83. The smallest absolute Gasteiger partial charge is 0.246 e. The zero-order valence-electron chi connectivity index (χ0n) is 17.2. The molecule has 0 atom stereocenters. The van der Waals surface area contributed by atoms with Crippen LogP contribution in [0.25, 0.3) is 0 Å². The molecule has 3 N–H and O–H groups in total. The molecule has 31 heavy (non-hydrogen) atoms. The second-order valence-corrected chi connectivity index (χ2v) is 9.02. The number of anilines is 2. The molecule has 2 aromatic rings. The van der Waals surface area contributed by atoms with E-state index in [0.29, 0.717) is 42.1 Å². The van der Waals surface area contributed by atoms with Gasteiger partial charge in [-0.05, 0) is 36.5 Å². The van der Waals surface area contributed by atoms with E-state index < -0.39 is 0 Å². The van der Waals surface area contributed by atoms with Gasteiger partial charge in [0, 0.05) is 67.1 Å². The van der Waals surface area contributed by atoms with Gasteiger partial charge in [0.1, 0.15) is 11.6 Å². The Hall–Kier alpha value is -2.77. The van der Waals surface area contributed by atoms with Crippen molar-refractivity contribution in [2.75, 3.05) is 25.0 Å². The van der Waals surface area contributed by atoms with E-state index in [2.05, 4.69) is 21.8 Å². The van der Waals surface area contributed by atoms with Crippen LogP contribution in [0.1, 0.15) is 35.6 Å². The Labute approximate surface area is 185 Å². The minimum absolute atomic E-state index is 0.0323. The van der Waals surface area contributed by atoms with Crippen molar-refractivity contribution in [3.8, 4) is 5.75 Å². The SMILES string of the molecule is C=CC(=O)N1CC(N2CCc3[nH]c(Nc4cc(C5CC5)c(Cl)cc4O)cc(=O)c3C2)C1. The number of phenolic OH excluding ortho intramolecular Hbond substituents is 1. The predicted octanol–water partition coefficient (Wildman–Crippen LogP) is 3.11. The van der Waals surface area contributed by atoms with Gasteiger partial charge in [-0.1, -0.05) is 18.2 Å². The Balaban J connectivity index is 1.32. The fourth-order valence-electron chi connectivity index (χ4n) is 4.47. The summed E-state index contributed by atoms with van der Waals surface area (Å²) in [5.74, 6) is 1.02. The summed E-state index contributed by atoms with van der Waals surface area (Å²) in [6.07, 6.45) is 4.28. The fourth-order valence-corrected chi connectivity index (χ4v) is 4.78. The van der Waals surface area contributed by atoms with Gasteiger partial charge in [0.05, 0.1) is 5.69 Å². The van der Waals surface area contributed by atoms with Crippen LogP contribution >= 0.6 is 11.6 Å². The van der Waals surface area contributed by atoms with E-state index in [-0.39, 0.29) is 23.1 Å². The number of carbonyl (C=O) groups is 1. The second kappa shape index (κ2) is 7.73. The topological polar surface area (TPSA) is 88.7 Å². The molecule has 1 aromatic carbocycles. The first kappa shape index (κ1) is 20.2. The van der Waals surface area contributed by atoms with Gasteiger partial charge in [0.2, 0.25) is 5.91 Å². The van der Waals surface area contributed by atoms with E-state index in [1.165, 1.54) is 6.08 Å². The highest BCUT2D eigenvalue weighted by Gasteiger charge is 2.35. The summed E-state index contributed by atoms with van der Waals surface area (Å²) in [6.45, 7) is 6.28. The standard InChI is InChI=1S/C23H25ClN4O3/c1-2-23(31)28-10-14(11-28)27-6-5-18-16(12-27)20(29)9-22(25-18)26-19-7-15(13-3-4-13)17(24)8-21(19)30/h2,7-9,13-14,30H,1,3-6,10-12H2,(H2,25,26,29). The Bertz CT molecular complexity index is 1120. The molecule has 8 heteroatoms. The predicted molar refractivity (Wildman–Crippen MR) is 120 cm³/mol. The molecule has 1 aromatic heterocycles. The quantitative estimate of drug-likeness (QED) is 0.491. The molecular weight excluding hydrogens is 416 g/mol. The number of amides is 1. The number of nitrogens with zero attached hydrogens (tertiary/aromatic N) is 2. The van der Waals surface area contributed by atoms with Gasteiger partial charge in [0.15, 0.2) is 5.43 Å². The highest BCUT2D eigenvalue weighted by atomic mass is 35.5.